The van der Waals surface area contributed by atoms with Crippen molar-refractivity contribution in [2.45, 2.75) is 52.0 Å². The van der Waals surface area contributed by atoms with Crippen LogP contribution < -0.4 is 5.32 Å². The molecule has 1 unspecified atom stereocenters. The molecule has 16 heavy (non-hydrogen) atoms. The lowest BCUT2D eigenvalue weighted by Gasteiger charge is -2.33. The normalized spacial score (nSPS) is 25.9. The molecule has 0 aromatic heterocycles. The molecule has 94 valence electrons. The smallest absolute Gasteiger partial charge is 0.00915 e. The third kappa shape index (κ3) is 4.06. The van der Waals surface area contributed by atoms with Gasteiger partial charge in [0.1, 0.15) is 0 Å². The quantitative estimate of drug-likeness (QED) is 0.746. The van der Waals surface area contributed by atoms with E-state index < -0.39 is 0 Å². The maximum Gasteiger partial charge on any atom is 0.00915 e. The van der Waals surface area contributed by atoms with E-state index in [1.54, 1.807) is 0 Å². The predicted molar refractivity (Wildman–Crippen MR) is 69.6 cm³/mol. The molecule has 0 aromatic carbocycles. The fraction of sp³-hybridized carbons (Fsp3) is 1.00. The minimum atomic E-state index is 0.814. The van der Waals surface area contributed by atoms with Crippen molar-refractivity contribution in [1.29, 1.82) is 0 Å². The van der Waals surface area contributed by atoms with Crippen LogP contribution in [0.2, 0.25) is 0 Å². The van der Waals surface area contributed by atoms with Gasteiger partial charge in [0.05, 0.1) is 0 Å². The molecule has 0 bridgehead atoms. The Labute approximate surface area is 101 Å². The molecule has 1 aliphatic heterocycles. The van der Waals surface area contributed by atoms with Gasteiger partial charge in [-0.2, -0.15) is 0 Å². The molecule has 1 heterocycles. The van der Waals surface area contributed by atoms with Crippen LogP contribution in [0.1, 0.15) is 46.0 Å². The Bertz CT molecular complexity index is 193. The van der Waals surface area contributed by atoms with E-state index in [0.717, 1.165) is 17.9 Å². The second-order valence-electron chi connectivity index (χ2n) is 5.94. The minimum Gasteiger partial charge on any atom is -0.314 e. The van der Waals surface area contributed by atoms with E-state index in [2.05, 4.69) is 24.1 Å². The highest BCUT2D eigenvalue weighted by Crippen LogP contribution is 2.28. The molecule has 0 radical (unpaired) electrons. The molecule has 1 saturated heterocycles. The maximum atomic E-state index is 3.74. The summed E-state index contributed by atoms with van der Waals surface area (Å²) >= 11 is 0. The van der Waals surface area contributed by atoms with Crippen molar-refractivity contribution in [2.75, 3.05) is 26.2 Å². The van der Waals surface area contributed by atoms with Crippen molar-refractivity contribution in [1.82, 2.24) is 10.2 Å². The predicted octanol–water partition coefficient (Wildman–Crippen LogP) is 2.50. The van der Waals surface area contributed by atoms with Gasteiger partial charge in [-0.25, -0.2) is 0 Å². The molecule has 2 heteroatoms. The molecule has 2 aliphatic rings. The van der Waals surface area contributed by atoms with Crippen LogP contribution in [0.15, 0.2) is 0 Å². The molecular weight excluding hydrogens is 196 g/mol. The van der Waals surface area contributed by atoms with Gasteiger partial charge in [0.2, 0.25) is 0 Å². The number of likely N-dealkylation sites (tertiary alicyclic amines) is 1. The van der Waals surface area contributed by atoms with Gasteiger partial charge in [-0.15, -0.1) is 0 Å². The van der Waals surface area contributed by atoms with Crippen molar-refractivity contribution in [3.8, 4) is 0 Å². The highest BCUT2D eigenvalue weighted by Gasteiger charge is 2.24. The lowest BCUT2D eigenvalue weighted by atomic mass is 10.0. The van der Waals surface area contributed by atoms with Crippen molar-refractivity contribution in [3.63, 3.8) is 0 Å². The summed E-state index contributed by atoms with van der Waals surface area (Å²) in [5, 5.41) is 3.74. The fourth-order valence-electron chi connectivity index (χ4n) is 2.54. The van der Waals surface area contributed by atoms with Crippen molar-refractivity contribution in [2.24, 2.45) is 11.8 Å². The number of nitrogens with one attached hydrogen (secondary N) is 1. The maximum absolute atomic E-state index is 3.74. The van der Waals surface area contributed by atoms with E-state index in [-0.39, 0.29) is 0 Å². The van der Waals surface area contributed by atoms with Crippen LogP contribution in [0.25, 0.3) is 0 Å². The Morgan fingerprint density at radius 2 is 1.88 bits per heavy atom. The topological polar surface area (TPSA) is 15.3 Å². The van der Waals surface area contributed by atoms with Crippen molar-refractivity contribution < 1.29 is 0 Å². The molecule has 2 nitrogen and oxygen atoms in total. The first-order valence-electron chi connectivity index (χ1n) is 7.23. The SMILES string of the molecule is CCC(C)CN1CCC(NCC2CC2)CC1. The summed E-state index contributed by atoms with van der Waals surface area (Å²) in [6.45, 7) is 9.90. The third-order valence-corrected chi connectivity index (χ3v) is 4.25. The molecule has 2 fully saturated rings. The summed E-state index contributed by atoms with van der Waals surface area (Å²) < 4.78 is 0. The molecule has 1 N–H and O–H groups in total. The van der Waals surface area contributed by atoms with Gasteiger partial charge in [-0.3, -0.25) is 0 Å². The molecule has 1 aliphatic carbocycles. The summed E-state index contributed by atoms with van der Waals surface area (Å²) in [6, 6.07) is 0.814. The second-order valence-corrected chi connectivity index (χ2v) is 5.94. The minimum absolute atomic E-state index is 0.814. The largest absolute Gasteiger partial charge is 0.314 e. The van der Waals surface area contributed by atoms with Crippen molar-refractivity contribution in [3.05, 3.63) is 0 Å². The van der Waals surface area contributed by atoms with Gasteiger partial charge < -0.3 is 10.2 Å². The van der Waals surface area contributed by atoms with Crippen LogP contribution in [0.3, 0.4) is 0 Å². The molecular formula is C14H28N2. The molecule has 2 rings (SSSR count). The Morgan fingerprint density at radius 1 is 1.19 bits per heavy atom. The standard InChI is InChI=1S/C14H28N2/c1-3-12(2)11-16-8-6-14(7-9-16)15-10-13-4-5-13/h12-15H,3-11H2,1-2H3. The average molecular weight is 224 g/mol. The van der Waals surface area contributed by atoms with E-state index in [9.17, 15) is 0 Å². The number of rotatable bonds is 6. The summed E-state index contributed by atoms with van der Waals surface area (Å²) in [5.41, 5.74) is 0. The van der Waals surface area contributed by atoms with Crippen LogP contribution in [-0.4, -0.2) is 37.1 Å². The number of nitrogens with zero attached hydrogens (tertiary/aromatic N) is 1. The third-order valence-electron chi connectivity index (χ3n) is 4.25. The Morgan fingerprint density at radius 3 is 2.44 bits per heavy atom. The molecule has 1 atom stereocenters. The first-order valence-corrected chi connectivity index (χ1v) is 7.23. The lowest BCUT2D eigenvalue weighted by Crippen LogP contribution is -2.44. The average Bonchev–Trinajstić information content (AvgIpc) is 3.12. The van der Waals surface area contributed by atoms with Gasteiger partial charge in [-0.05, 0) is 57.2 Å². The van der Waals surface area contributed by atoms with E-state index in [1.165, 1.54) is 58.3 Å². The molecule has 0 spiro atoms. The molecule has 0 amide bonds. The summed E-state index contributed by atoms with van der Waals surface area (Å²) in [4.78, 5) is 2.66. The van der Waals surface area contributed by atoms with E-state index >= 15 is 0 Å². The van der Waals surface area contributed by atoms with Crippen LogP contribution in [0.5, 0.6) is 0 Å². The second kappa shape index (κ2) is 6.02. The van der Waals surface area contributed by atoms with E-state index in [1.807, 2.05) is 0 Å². The van der Waals surface area contributed by atoms with E-state index in [0.29, 0.717) is 0 Å². The van der Waals surface area contributed by atoms with Gasteiger partial charge in [0.25, 0.3) is 0 Å². The highest BCUT2D eigenvalue weighted by atomic mass is 15.1. The zero-order chi connectivity index (χ0) is 11.4. The lowest BCUT2D eigenvalue weighted by molar-refractivity contribution is 0.174. The number of hydrogen-bond acceptors (Lipinski definition) is 2. The van der Waals surface area contributed by atoms with Crippen molar-refractivity contribution >= 4 is 0 Å². The zero-order valence-corrected chi connectivity index (χ0v) is 11.0. The first kappa shape index (κ1) is 12.4. The van der Waals surface area contributed by atoms with Crippen LogP contribution in [0.4, 0.5) is 0 Å². The summed E-state index contributed by atoms with van der Waals surface area (Å²) in [5.74, 6) is 1.90. The van der Waals surface area contributed by atoms with Gasteiger partial charge in [-0.1, -0.05) is 20.3 Å². The van der Waals surface area contributed by atoms with Crippen LogP contribution in [-0.2, 0) is 0 Å². The number of hydrogen-bond donors (Lipinski definition) is 1. The Kier molecular flexibility index (Phi) is 4.66. The molecule has 1 saturated carbocycles. The Hall–Kier alpha value is -0.0800. The number of piperidine rings is 1. The van der Waals surface area contributed by atoms with Gasteiger partial charge >= 0.3 is 0 Å². The Balaban J connectivity index is 1.57. The summed E-state index contributed by atoms with van der Waals surface area (Å²) in [7, 11) is 0. The zero-order valence-electron chi connectivity index (χ0n) is 11.0. The van der Waals surface area contributed by atoms with Gasteiger partial charge in [0, 0.05) is 12.6 Å². The van der Waals surface area contributed by atoms with E-state index in [4.69, 9.17) is 0 Å². The fourth-order valence-corrected chi connectivity index (χ4v) is 2.54. The highest BCUT2D eigenvalue weighted by molar-refractivity contribution is 4.82. The monoisotopic (exact) mass is 224 g/mol. The van der Waals surface area contributed by atoms with Crippen LogP contribution >= 0.6 is 0 Å². The summed E-state index contributed by atoms with van der Waals surface area (Å²) in [6.07, 6.45) is 6.99. The van der Waals surface area contributed by atoms with Gasteiger partial charge in [0.15, 0.2) is 0 Å². The van der Waals surface area contributed by atoms with Crippen LogP contribution in [0, 0.1) is 11.8 Å². The molecule has 0 aromatic rings. The first-order chi connectivity index (χ1) is 7.78.